The molecule has 1 N–H and O–H groups in total. The number of rotatable bonds is 5. The second kappa shape index (κ2) is 8.72. The van der Waals surface area contributed by atoms with Crippen LogP contribution in [0.3, 0.4) is 0 Å². The predicted octanol–water partition coefficient (Wildman–Crippen LogP) is 2.37. The molecular weight excluding hydrogens is 448 g/mol. The highest BCUT2D eigenvalue weighted by Crippen LogP contribution is 2.43. The number of hydrogen-bond donors (Lipinski definition) is 1. The maximum atomic E-state index is 12.6. The molecule has 2 saturated heterocycles. The molecule has 0 aromatic heterocycles. The summed E-state index contributed by atoms with van der Waals surface area (Å²) in [6, 6.07) is 13.2. The van der Waals surface area contributed by atoms with Gasteiger partial charge in [-0.2, -0.15) is 8.42 Å². The summed E-state index contributed by atoms with van der Waals surface area (Å²) in [4.78, 5) is 0.00720. The van der Waals surface area contributed by atoms with Gasteiger partial charge in [0.2, 0.25) is 0 Å². The Hall–Kier alpha value is -2.45. The molecule has 2 aliphatic rings. The van der Waals surface area contributed by atoms with Crippen LogP contribution < -0.4 is 4.74 Å². The molecule has 176 valence electrons. The molecule has 0 aliphatic carbocycles. The third-order valence-electron chi connectivity index (χ3n) is 5.46. The lowest BCUT2D eigenvalue weighted by atomic mass is 9.93. The summed E-state index contributed by atoms with van der Waals surface area (Å²) in [5.74, 6) is 5.40. The maximum Gasteiger partial charge on any atom is 0.297 e. The summed E-state index contributed by atoms with van der Waals surface area (Å²) >= 11 is 0. The van der Waals surface area contributed by atoms with Crippen molar-refractivity contribution in [3.8, 4) is 17.6 Å². The SMILES string of the molecule is COc1ccc(C#C[C@@]2(O)C(COS(=O)(=O)c3ccc(C)cc3)O[C@@H]3OC(C)(C)O[C@@H]32)cc1. The summed E-state index contributed by atoms with van der Waals surface area (Å²) < 4.78 is 53.0. The molecular formula is C24H26O8S. The summed E-state index contributed by atoms with van der Waals surface area (Å²) in [6.45, 7) is 4.77. The first-order valence-electron chi connectivity index (χ1n) is 10.4. The lowest BCUT2D eigenvalue weighted by Crippen LogP contribution is -2.49. The fraction of sp³-hybridized carbons (Fsp3) is 0.417. The van der Waals surface area contributed by atoms with Gasteiger partial charge >= 0.3 is 0 Å². The van der Waals surface area contributed by atoms with Crippen LogP contribution in [0.1, 0.15) is 25.0 Å². The van der Waals surface area contributed by atoms with Crippen molar-refractivity contribution in [2.75, 3.05) is 13.7 Å². The Balaban J connectivity index is 1.58. The van der Waals surface area contributed by atoms with Crippen LogP contribution in [0, 0.1) is 18.8 Å². The van der Waals surface area contributed by atoms with Crippen molar-refractivity contribution in [1.82, 2.24) is 0 Å². The van der Waals surface area contributed by atoms with Crippen molar-refractivity contribution in [2.45, 2.75) is 55.6 Å². The molecule has 2 heterocycles. The zero-order valence-electron chi connectivity index (χ0n) is 18.8. The van der Waals surface area contributed by atoms with Crippen molar-refractivity contribution in [3.05, 3.63) is 59.7 Å². The van der Waals surface area contributed by atoms with Gasteiger partial charge in [0.25, 0.3) is 10.1 Å². The van der Waals surface area contributed by atoms with Gasteiger partial charge in [-0.15, -0.1) is 0 Å². The molecule has 0 bridgehead atoms. The molecule has 2 fully saturated rings. The minimum atomic E-state index is -4.07. The lowest BCUT2D eigenvalue weighted by Gasteiger charge is -2.29. The second-order valence-electron chi connectivity index (χ2n) is 8.40. The minimum Gasteiger partial charge on any atom is -0.497 e. The molecule has 2 aromatic carbocycles. The highest BCUT2D eigenvalue weighted by molar-refractivity contribution is 7.86. The van der Waals surface area contributed by atoms with Crippen LogP contribution in [-0.4, -0.2) is 57.1 Å². The number of aliphatic hydroxyl groups is 1. The van der Waals surface area contributed by atoms with Gasteiger partial charge in [0, 0.05) is 5.56 Å². The normalized spacial score (nSPS) is 28.1. The first-order chi connectivity index (χ1) is 15.5. The quantitative estimate of drug-likeness (QED) is 0.521. The number of ether oxygens (including phenoxy) is 4. The Morgan fingerprint density at radius 1 is 1.06 bits per heavy atom. The van der Waals surface area contributed by atoms with Crippen molar-refractivity contribution in [1.29, 1.82) is 0 Å². The van der Waals surface area contributed by atoms with E-state index in [0.29, 0.717) is 11.3 Å². The van der Waals surface area contributed by atoms with Crippen LogP contribution in [0.25, 0.3) is 0 Å². The molecule has 33 heavy (non-hydrogen) atoms. The van der Waals surface area contributed by atoms with Crippen molar-refractivity contribution >= 4 is 10.1 Å². The van der Waals surface area contributed by atoms with Gasteiger partial charge in [0.15, 0.2) is 23.8 Å². The van der Waals surface area contributed by atoms with Gasteiger partial charge in [0.05, 0.1) is 18.6 Å². The summed E-state index contributed by atoms with van der Waals surface area (Å²) in [5, 5.41) is 11.5. The molecule has 2 aromatic rings. The number of methoxy groups -OCH3 is 1. The third kappa shape index (κ3) is 4.92. The third-order valence-corrected chi connectivity index (χ3v) is 6.76. The number of fused-ring (bicyclic) bond motifs is 1. The molecule has 0 radical (unpaired) electrons. The van der Waals surface area contributed by atoms with Gasteiger partial charge < -0.3 is 24.1 Å². The van der Waals surface area contributed by atoms with Gasteiger partial charge in [0.1, 0.15) is 11.9 Å². The van der Waals surface area contributed by atoms with Gasteiger partial charge in [-0.3, -0.25) is 4.18 Å². The number of benzene rings is 2. The molecule has 2 aliphatic heterocycles. The average molecular weight is 475 g/mol. The summed E-state index contributed by atoms with van der Waals surface area (Å²) in [7, 11) is -2.51. The van der Waals surface area contributed by atoms with Crippen LogP contribution in [0.2, 0.25) is 0 Å². The largest absolute Gasteiger partial charge is 0.497 e. The van der Waals surface area contributed by atoms with E-state index in [1.54, 1.807) is 57.4 Å². The first-order valence-corrected chi connectivity index (χ1v) is 11.8. The van der Waals surface area contributed by atoms with Crippen LogP contribution >= 0.6 is 0 Å². The molecule has 8 nitrogen and oxygen atoms in total. The van der Waals surface area contributed by atoms with E-state index in [-0.39, 0.29) is 4.90 Å². The van der Waals surface area contributed by atoms with E-state index in [4.69, 9.17) is 23.1 Å². The van der Waals surface area contributed by atoms with Crippen LogP contribution in [0.5, 0.6) is 5.75 Å². The van der Waals surface area contributed by atoms with E-state index in [0.717, 1.165) is 5.56 Å². The zero-order chi connectivity index (χ0) is 23.9. The molecule has 9 heteroatoms. The van der Waals surface area contributed by atoms with Gasteiger partial charge in [-0.1, -0.05) is 29.5 Å². The van der Waals surface area contributed by atoms with Crippen LogP contribution in [-0.2, 0) is 28.5 Å². The van der Waals surface area contributed by atoms with E-state index < -0.39 is 46.6 Å². The Kier molecular flexibility index (Phi) is 6.26. The van der Waals surface area contributed by atoms with E-state index in [1.807, 2.05) is 6.92 Å². The Bertz CT molecular complexity index is 1160. The summed E-state index contributed by atoms with van der Waals surface area (Å²) in [5.41, 5.74) is -0.333. The monoisotopic (exact) mass is 474 g/mol. The molecule has 0 saturated carbocycles. The van der Waals surface area contributed by atoms with Gasteiger partial charge in [-0.05, 0) is 57.2 Å². The Morgan fingerprint density at radius 2 is 1.73 bits per heavy atom. The molecule has 4 atom stereocenters. The molecule has 4 rings (SSSR count). The minimum absolute atomic E-state index is 0.00720. The topological polar surface area (TPSA) is 101 Å². The van der Waals surface area contributed by atoms with Crippen LogP contribution in [0.15, 0.2) is 53.4 Å². The van der Waals surface area contributed by atoms with Crippen molar-refractivity contribution < 1.29 is 36.7 Å². The highest BCUT2D eigenvalue weighted by atomic mass is 32.2. The standard InChI is InChI=1S/C24H26O8S/c1-16-5-11-19(12-6-16)33(26,27)29-15-20-24(25,21-22(30-20)32-23(2,3)31-21)14-13-17-7-9-18(28-4)10-8-17/h5-12,20-22,25H,15H2,1-4H3/t20?,21-,22+,24+/m0/s1. The Morgan fingerprint density at radius 3 is 2.36 bits per heavy atom. The van der Waals surface area contributed by atoms with Crippen LogP contribution in [0.4, 0.5) is 0 Å². The first kappa shape index (κ1) is 23.7. The van der Waals surface area contributed by atoms with E-state index >= 15 is 0 Å². The predicted molar refractivity (Wildman–Crippen MR) is 118 cm³/mol. The smallest absolute Gasteiger partial charge is 0.297 e. The van der Waals surface area contributed by atoms with E-state index in [1.165, 1.54) is 12.1 Å². The second-order valence-corrected chi connectivity index (χ2v) is 10.0. The Labute approximate surface area is 193 Å². The fourth-order valence-electron chi connectivity index (χ4n) is 3.66. The zero-order valence-corrected chi connectivity index (χ0v) is 19.6. The van der Waals surface area contributed by atoms with Gasteiger partial charge in [-0.25, -0.2) is 0 Å². The van der Waals surface area contributed by atoms with Crippen molar-refractivity contribution in [2.24, 2.45) is 0 Å². The molecule has 0 spiro atoms. The lowest BCUT2D eigenvalue weighted by molar-refractivity contribution is -0.224. The van der Waals surface area contributed by atoms with E-state index in [9.17, 15) is 13.5 Å². The maximum absolute atomic E-state index is 12.6. The highest BCUT2D eigenvalue weighted by Gasteiger charge is 2.63. The fourth-order valence-corrected chi connectivity index (χ4v) is 4.57. The number of hydrogen-bond acceptors (Lipinski definition) is 8. The van der Waals surface area contributed by atoms with E-state index in [2.05, 4.69) is 11.8 Å². The van der Waals surface area contributed by atoms with Crippen molar-refractivity contribution in [3.63, 3.8) is 0 Å². The number of aryl methyl sites for hydroxylation is 1. The average Bonchev–Trinajstić information content (AvgIpc) is 3.22. The summed E-state index contributed by atoms with van der Waals surface area (Å²) in [6.07, 6.45) is -3.01. The molecule has 1 unspecified atom stereocenters. The molecule has 0 amide bonds.